The van der Waals surface area contributed by atoms with Gasteiger partial charge in [0.25, 0.3) is 10.0 Å². The number of hydrogen-bond acceptors (Lipinski definition) is 5. The van der Waals surface area contributed by atoms with E-state index in [9.17, 15) is 13.2 Å². The van der Waals surface area contributed by atoms with Gasteiger partial charge in [-0.15, -0.1) is 0 Å². The van der Waals surface area contributed by atoms with E-state index in [1.807, 2.05) is 18.7 Å². The maximum Gasteiger partial charge on any atom is 0.264 e. The molecule has 0 atom stereocenters. The standard InChI is InChI=1S/C23H29ClN2O4S2/c1-17-7-10-20(11-8-17)32(28,29)26(18-9-12-22(30-2)21(24)15-18)16-23(27)25-13-14-31-19-5-3-4-6-19/h7-12,15,19H,3-6,13-14,16H2,1-2H3,(H,25,27). The zero-order chi connectivity index (χ0) is 23.1. The van der Waals surface area contributed by atoms with Crippen molar-refractivity contribution in [3.05, 3.63) is 53.1 Å². The molecule has 174 valence electrons. The maximum atomic E-state index is 13.4. The van der Waals surface area contributed by atoms with Gasteiger partial charge >= 0.3 is 0 Å². The first-order valence-corrected chi connectivity index (χ1v) is 13.5. The van der Waals surface area contributed by atoms with Crippen LogP contribution < -0.4 is 14.4 Å². The van der Waals surface area contributed by atoms with Crippen LogP contribution in [0.5, 0.6) is 5.75 Å². The molecule has 3 rings (SSSR count). The van der Waals surface area contributed by atoms with Crippen molar-refractivity contribution in [3.8, 4) is 5.75 Å². The van der Waals surface area contributed by atoms with Gasteiger partial charge < -0.3 is 10.1 Å². The van der Waals surface area contributed by atoms with E-state index < -0.39 is 10.0 Å². The molecule has 32 heavy (non-hydrogen) atoms. The number of nitrogens with one attached hydrogen (secondary N) is 1. The number of sulfonamides is 1. The van der Waals surface area contributed by atoms with Crippen molar-refractivity contribution in [1.29, 1.82) is 0 Å². The Morgan fingerprint density at radius 1 is 1.19 bits per heavy atom. The summed E-state index contributed by atoms with van der Waals surface area (Å²) in [6.07, 6.45) is 5.03. The Hall–Kier alpha value is -1.90. The van der Waals surface area contributed by atoms with Crippen molar-refractivity contribution >= 4 is 45.0 Å². The van der Waals surface area contributed by atoms with E-state index in [1.165, 1.54) is 38.9 Å². The lowest BCUT2D eigenvalue weighted by molar-refractivity contribution is -0.119. The molecule has 6 nitrogen and oxygen atoms in total. The molecule has 2 aromatic rings. The van der Waals surface area contributed by atoms with E-state index in [0.29, 0.717) is 23.2 Å². The van der Waals surface area contributed by atoms with Crippen LogP contribution in [0.4, 0.5) is 5.69 Å². The van der Waals surface area contributed by atoms with Gasteiger partial charge in [0, 0.05) is 17.5 Å². The molecule has 1 saturated carbocycles. The van der Waals surface area contributed by atoms with Gasteiger partial charge in [0.15, 0.2) is 0 Å². The SMILES string of the molecule is COc1ccc(N(CC(=O)NCCSC2CCCC2)S(=O)(=O)c2ccc(C)cc2)cc1Cl. The van der Waals surface area contributed by atoms with Gasteiger partial charge in [-0.25, -0.2) is 8.42 Å². The molecule has 0 aromatic heterocycles. The largest absolute Gasteiger partial charge is 0.495 e. The van der Waals surface area contributed by atoms with E-state index in [0.717, 1.165) is 15.6 Å². The van der Waals surface area contributed by atoms with Crippen molar-refractivity contribution in [1.82, 2.24) is 5.32 Å². The molecule has 1 aliphatic carbocycles. The Morgan fingerprint density at radius 2 is 1.88 bits per heavy atom. The summed E-state index contributed by atoms with van der Waals surface area (Å²) < 4.78 is 33.1. The second kappa shape index (κ2) is 11.3. The molecule has 1 amide bonds. The molecule has 1 fully saturated rings. The number of ether oxygens (including phenoxy) is 1. The summed E-state index contributed by atoms with van der Waals surface area (Å²) in [6, 6.07) is 11.2. The van der Waals surface area contributed by atoms with Crippen molar-refractivity contribution in [2.75, 3.05) is 30.3 Å². The van der Waals surface area contributed by atoms with Crippen LogP contribution in [-0.2, 0) is 14.8 Å². The fraction of sp³-hybridized carbons (Fsp3) is 0.435. The van der Waals surface area contributed by atoms with Crippen LogP contribution in [0.25, 0.3) is 0 Å². The van der Waals surface area contributed by atoms with Gasteiger partial charge in [0.2, 0.25) is 5.91 Å². The molecule has 0 bridgehead atoms. The monoisotopic (exact) mass is 496 g/mol. The molecular formula is C23H29ClN2O4S2. The highest BCUT2D eigenvalue weighted by Gasteiger charge is 2.28. The maximum absolute atomic E-state index is 13.4. The molecule has 1 N–H and O–H groups in total. The third-order valence-electron chi connectivity index (χ3n) is 5.40. The van der Waals surface area contributed by atoms with Crippen LogP contribution >= 0.6 is 23.4 Å². The van der Waals surface area contributed by atoms with Gasteiger partial charge in [0.05, 0.1) is 22.7 Å². The number of carbonyl (C=O) groups excluding carboxylic acids is 1. The highest BCUT2D eigenvalue weighted by atomic mass is 35.5. The molecule has 0 heterocycles. The highest BCUT2D eigenvalue weighted by Crippen LogP contribution is 2.32. The number of rotatable bonds is 10. The summed E-state index contributed by atoms with van der Waals surface area (Å²) in [5.74, 6) is 0.881. The number of thioether (sulfide) groups is 1. The predicted molar refractivity (Wildman–Crippen MR) is 131 cm³/mol. The predicted octanol–water partition coefficient (Wildman–Crippen LogP) is 4.64. The smallest absolute Gasteiger partial charge is 0.264 e. The van der Waals surface area contributed by atoms with E-state index in [4.69, 9.17) is 16.3 Å². The van der Waals surface area contributed by atoms with Crippen molar-refractivity contribution in [2.24, 2.45) is 0 Å². The summed E-state index contributed by atoms with van der Waals surface area (Å²) in [4.78, 5) is 12.8. The molecule has 1 aliphatic rings. The van der Waals surface area contributed by atoms with Crippen LogP contribution in [0.2, 0.25) is 5.02 Å². The number of hydrogen-bond donors (Lipinski definition) is 1. The van der Waals surface area contributed by atoms with E-state index in [2.05, 4.69) is 5.32 Å². The van der Waals surface area contributed by atoms with Crippen LogP contribution in [0.1, 0.15) is 31.2 Å². The first-order valence-electron chi connectivity index (χ1n) is 10.6. The lowest BCUT2D eigenvalue weighted by Crippen LogP contribution is -2.41. The topological polar surface area (TPSA) is 75.7 Å². The average Bonchev–Trinajstić information content (AvgIpc) is 3.29. The number of amides is 1. The molecular weight excluding hydrogens is 468 g/mol. The van der Waals surface area contributed by atoms with E-state index >= 15 is 0 Å². The number of methoxy groups -OCH3 is 1. The molecule has 0 radical (unpaired) electrons. The molecule has 0 saturated heterocycles. The number of halogens is 1. The number of nitrogens with zero attached hydrogens (tertiary/aromatic N) is 1. The Bertz CT molecular complexity index is 1020. The Labute approximate surface area is 199 Å². The average molecular weight is 497 g/mol. The van der Waals surface area contributed by atoms with Gasteiger partial charge in [-0.05, 0) is 50.1 Å². The lowest BCUT2D eigenvalue weighted by atomic mass is 10.2. The number of carbonyl (C=O) groups is 1. The molecule has 9 heteroatoms. The zero-order valence-corrected chi connectivity index (χ0v) is 20.7. The first-order chi connectivity index (χ1) is 15.3. The normalized spacial score (nSPS) is 14.3. The number of anilines is 1. The highest BCUT2D eigenvalue weighted by molar-refractivity contribution is 7.99. The van der Waals surface area contributed by atoms with Crippen molar-refractivity contribution in [3.63, 3.8) is 0 Å². The Kier molecular flexibility index (Phi) is 8.73. The summed E-state index contributed by atoms with van der Waals surface area (Å²) in [5, 5.41) is 3.79. The minimum atomic E-state index is -3.98. The minimum Gasteiger partial charge on any atom is -0.495 e. The van der Waals surface area contributed by atoms with E-state index in [1.54, 1.807) is 36.4 Å². The van der Waals surface area contributed by atoms with Crippen molar-refractivity contribution < 1.29 is 17.9 Å². The molecule has 2 aromatic carbocycles. The molecule has 0 spiro atoms. The first kappa shape index (κ1) is 24.7. The second-order valence-corrected chi connectivity index (χ2v) is 11.4. The Balaban J connectivity index is 1.76. The fourth-order valence-corrected chi connectivity index (χ4v) is 6.51. The van der Waals surface area contributed by atoms with Crippen LogP contribution in [-0.4, -0.2) is 45.5 Å². The van der Waals surface area contributed by atoms with Gasteiger partial charge in [-0.3, -0.25) is 9.10 Å². The summed E-state index contributed by atoms with van der Waals surface area (Å²) in [7, 11) is -2.49. The summed E-state index contributed by atoms with van der Waals surface area (Å²) in [6.45, 7) is 2.04. The van der Waals surface area contributed by atoms with Crippen LogP contribution in [0.15, 0.2) is 47.4 Å². The molecule has 0 unspecified atom stereocenters. The van der Waals surface area contributed by atoms with Gasteiger partial charge in [-0.2, -0.15) is 11.8 Å². The van der Waals surface area contributed by atoms with E-state index in [-0.39, 0.29) is 22.4 Å². The lowest BCUT2D eigenvalue weighted by Gasteiger charge is -2.24. The number of aryl methyl sites for hydroxylation is 1. The van der Waals surface area contributed by atoms with Gasteiger partial charge in [-0.1, -0.05) is 42.1 Å². The molecule has 0 aliphatic heterocycles. The summed E-state index contributed by atoms with van der Waals surface area (Å²) in [5.41, 5.74) is 1.24. The third-order valence-corrected chi connectivity index (χ3v) is 8.87. The number of benzene rings is 2. The second-order valence-electron chi connectivity index (χ2n) is 7.77. The fourth-order valence-electron chi connectivity index (χ4n) is 3.62. The summed E-state index contributed by atoms with van der Waals surface area (Å²) >= 11 is 8.11. The zero-order valence-electron chi connectivity index (χ0n) is 18.3. The van der Waals surface area contributed by atoms with Gasteiger partial charge in [0.1, 0.15) is 12.3 Å². The van der Waals surface area contributed by atoms with Crippen molar-refractivity contribution in [2.45, 2.75) is 42.8 Å². The van der Waals surface area contributed by atoms with Crippen LogP contribution in [0.3, 0.4) is 0 Å². The van der Waals surface area contributed by atoms with Crippen LogP contribution in [0, 0.1) is 6.92 Å². The minimum absolute atomic E-state index is 0.111. The Morgan fingerprint density at radius 3 is 2.50 bits per heavy atom. The quantitative estimate of drug-likeness (QED) is 0.485. The third kappa shape index (κ3) is 6.33.